The van der Waals surface area contributed by atoms with E-state index in [1.165, 1.54) is 0 Å². The number of rotatable bonds is 4. The fourth-order valence-corrected chi connectivity index (χ4v) is 1.27. The van der Waals surface area contributed by atoms with Crippen molar-refractivity contribution in [1.29, 1.82) is 0 Å². The maximum Gasteiger partial charge on any atom is 0.242 e. The Balaban J connectivity index is 2.34. The Hall–Kier alpha value is -1.84. The minimum Gasteiger partial charge on any atom is -0.273 e. The van der Waals surface area contributed by atoms with Crippen molar-refractivity contribution in [2.75, 3.05) is 0 Å². The summed E-state index contributed by atoms with van der Waals surface area (Å²) in [5, 5.41) is 0. The van der Waals surface area contributed by atoms with Crippen LogP contribution < -0.4 is 10.9 Å². The predicted molar refractivity (Wildman–Crippen MR) is 65.9 cm³/mol. The first-order valence-electron chi connectivity index (χ1n) is 5.76. The van der Waals surface area contributed by atoms with Crippen LogP contribution in [0.25, 0.3) is 0 Å². The zero-order valence-electron chi connectivity index (χ0n) is 10.2. The van der Waals surface area contributed by atoms with Crippen molar-refractivity contribution in [3.8, 4) is 0 Å². The summed E-state index contributed by atoms with van der Waals surface area (Å²) in [6.07, 6.45) is 1.02. The Morgan fingerprint density at radius 1 is 1.18 bits per heavy atom. The first kappa shape index (κ1) is 13.2. The molecule has 2 N–H and O–H groups in total. The molecular weight excluding hydrogens is 216 g/mol. The number of hydrogen-bond donors (Lipinski definition) is 2. The van der Waals surface area contributed by atoms with Gasteiger partial charge in [-0.05, 0) is 12.0 Å². The summed E-state index contributed by atoms with van der Waals surface area (Å²) in [7, 11) is 0. The van der Waals surface area contributed by atoms with Gasteiger partial charge in [-0.15, -0.1) is 0 Å². The van der Waals surface area contributed by atoms with Crippen LogP contribution in [0.2, 0.25) is 0 Å². The molecule has 0 aromatic heterocycles. The van der Waals surface area contributed by atoms with E-state index in [4.69, 9.17) is 0 Å². The first-order chi connectivity index (χ1) is 8.13. The van der Waals surface area contributed by atoms with E-state index < -0.39 is 0 Å². The monoisotopic (exact) mass is 234 g/mol. The van der Waals surface area contributed by atoms with Gasteiger partial charge in [-0.2, -0.15) is 0 Å². The maximum atomic E-state index is 11.5. The van der Waals surface area contributed by atoms with E-state index in [1.54, 1.807) is 0 Å². The van der Waals surface area contributed by atoms with Crippen LogP contribution in [-0.4, -0.2) is 11.8 Å². The summed E-state index contributed by atoms with van der Waals surface area (Å²) in [6.45, 7) is 3.74. The van der Waals surface area contributed by atoms with Crippen LogP contribution >= 0.6 is 0 Å². The van der Waals surface area contributed by atoms with Crippen molar-refractivity contribution in [2.24, 2.45) is 5.92 Å². The van der Waals surface area contributed by atoms with Gasteiger partial charge in [0, 0.05) is 5.92 Å². The summed E-state index contributed by atoms with van der Waals surface area (Å²) in [5.74, 6) is -0.464. The van der Waals surface area contributed by atoms with Crippen LogP contribution in [0.1, 0.15) is 25.8 Å². The molecule has 1 aromatic rings. The molecule has 1 atom stereocenters. The Bertz CT molecular complexity index is 376. The number of hydrazine groups is 1. The maximum absolute atomic E-state index is 11.5. The molecule has 0 saturated heterocycles. The first-order valence-corrected chi connectivity index (χ1v) is 5.76. The van der Waals surface area contributed by atoms with Gasteiger partial charge in [-0.25, -0.2) is 0 Å². The highest BCUT2D eigenvalue weighted by Crippen LogP contribution is 2.00. The Morgan fingerprint density at radius 2 is 1.82 bits per heavy atom. The largest absolute Gasteiger partial charge is 0.273 e. The second kappa shape index (κ2) is 6.68. The minimum atomic E-state index is -0.215. The lowest BCUT2D eigenvalue weighted by atomic mass is 10.1. The third-order valence-corrected chi connectivity index (χ3v) is 2.59. The lowest BCUT2D eigenvalue weighted by Gasteiger charge is -2.10. The molecule has 0 heterocycles. The van der Waals surface area contributed by atoms with Crippen molar-refractivity contribution < 1.29 is 9.59 Å². The van der Waals surface area contributed by atoms with Crippen molar-refractivity contribution in [3.05, 3.63) is 35.9 Å². The summed E-state index contributed by atoms with van der Waals surface area (Å²) >= 11 is 0. The standard InChI is InChI=1S/C13H18N2O2/c1-3-10(2)13(17)15-14-12(16)9-11-7-5-4-6-8-11/h4-8,10H,3,9H2,1-2H3,(H,14,16)(H,15,17). The number of benzene rings is 1. The summed E-state index contributed by atoms with van der Waals surface area (Å²) < 4.78 is 0. The van der Waals surface area contributed by atoms with Crippen molar-refractivity contribution in [2.45, 2.75) is 26.7 Å². The molecule has 4 nitrogen and oxygen atoms in total. The molecule has 2 amide bonds. The van der Waals surface area contributed by atoms with E-state index in [-0.39, 0.29) is 24.2 Å². The minimum absolute atomic E-state index is 0.0907. The fraction of sp³-hybridized carbons (Fsp3) is 0.385. The molecule has 0 aliphatic carbocycles. The predicted octanol–water partition coefficient (Wildman–Crippen LogP) is 1.42. The lowest BCUT2D eigenvalue weighted by Crippen LogP contribution is -2.44. The fourth-order valence-electron chi connectivity index (χ4n) is 1.27. The molecule has 0 fully saturated rings. The average molecular weight is 234 g/mol. The van der Waals surface area contributed by atoms with Gasteiger partial charge in [0.2, 0.25) is 11.8 Å². The van der Waals surface area contributed by atoms with Crippen LogP contribution in [0.5, 0.6) is 0 Å². The smallest absolute Gasteiger partial charge is 0.242 e. The Labute approximate surface area is 101 Å². The molecular formula is C13H18N2O2. The Morgan fingerprint density at radius 3 is 2.41 bits per heavy atom. The van der Waals surface area contributed by atoms with E-state index in [0.29, 0.717) is 0 Å². The van der Waals surface area contributed by atoms with Gasteiger partial charge >= 0.3 is 0 Å². The van der Waals surface area contributed by atoms with Gasteiger partial charge in [-0.1, -0.05) is 44.2 Å². The van der Waals surface area contributed by atoms with Crippen molar-refractivity contribution >= 4 is 11.8 Å². The van der Waals surface area contributed by atoms with E-state index in [0.717, 1.165) is 12.0 Å². The molecule has 0 aliphatic heterocycles. The van der Waals surface area contributed by atoms with Gasteiger partial charge < -0.3 is 0 Å². The van der Waals surface area contributed by atoms with Crippen LogP contribution in [0.4, 0.5) is 0 Å². The second-order valence-electron chi connectivity index (χ2n) is 4.01. The molecule has 0 radical (unpaired) electrons. The quantitative estimate of drug-likeness (QED) is 0.774. The molecule has 17 heavy (non-hydrogen) atoms. The summed E-state index contributed by atoms with van der Waals surface area (Å²) in [4.78, 5) is 22.9. The van der Waals surface area contributed by atoms with E-state index in [9.17, 15) is 9.59 Å². The number of carbonyl (C=O) groups excluding carboxylic acids is 2. The molecule has 1 rings (SSSR count). The van der Waals surface area contributed by atoms with Crippen LogP contribution in [0.15, 0.2) is 30.3 Å². The van der Waals surface area contributed by atoms with Gasteiger partial charge in [0.25, 0.3) is 0 Å². The molecule has 1 aromatic carbocycles. The highest BCUT2D eigenvalue weighted by atomic mass is 16.2. The summed E-state index contributed by atoms with van der Waals surface area (Å²) in [5.41, 5.74) is 5.74. The zero-order valence-corrected chi connectivity index (χ0v) is 10.2. The highest BCUT2D eigenvalue weighted by Gasteiger charge is 2.11. The summed E-state index contributed by atoms with van der Waals surface area (Å²) in [6, 6.07) is 9.39. The molecule has 0 spiro atoms. The zero-order chi connectivity index (χ0) is 12.7. The second-order valence-corrected chi connectivity index (χ2v) is 4.01. The topological polar surface area (TPSA) is 58.2 Å². The van der Waals surface area contributed by atoms with Crippen molar-refractivity contribution in [1.82, 2.24) is 10.9 Å². The van der Waals surface area contributed by atoms with E-state index in [2.05, 4.69) is 10.9 Å². The van der Waals surface area contributed by atoms with Crippen LogP contribution in [-0.2, 0) is 16.0 Å². The number of carbonyl (C=O) groups is 2. The van der Waals surface area contributed by atoms with Crippen LogP contribution in [0, 0.1) is 5.92 Å². The van der Waals surface area contributed by atoms with Gasteiger partial charge in [-0.3, -0.25) is 20.4 Å². The van der Waals surface area contributed by atoms with E-state index >= 15 is 0 Å². The lowest BCUT2D eigenvalue weighted by molar-refractivity contribution is -0.130. The van der Waals surface area contributed by atoms with Crippen LogP contribution in [0.3, 0.4) is 0 Å². The third kappa shape index (κ3) is 4.68. The molecule has 92 valence electrons. The highest BCUT2D eigenvalue weighted by molar-refractivity contribution is 5.84. The average Bonchev–Trinajstić information content (AvgIpc) is 2.36. The van der Waals surface area contributed by atoms with Gasteiger partial charge in [0.1, 0.15) is 0 Å². The molecule has 0 bridgehead atoms. The Kier molecular flexibility index (Phi) is 5.20. The molecule has 1 unspecified atom stereocenters. The number of amides is 2. The van der Waals surface area contributed by atoms with E-state index in [1.807, 2.05) is 44.2 Å². The molecule has 0 aliphatic rings. The normalized spacial score (nSPS) is 11.6. The van der Waals surface area contributed by atoms with Crippen molar-refractivity contribution in [3.63, 3.8) is 0 Å². The third-order valence-electron chi connectivity index (χ3n) is 2.59. The molecule has 4 heteroatoms. The SMILES string of the molecule is CCC(C)C(=O)NNC(=O)Cc1ccccc1. The number of hydrogen-bond acceptors (Lipinski definition) is 2. The number of nitrogens with one attached hydrogen (secondary N) is 2. The van der Waals surface area contributed by atoms with Gasteiger partial charge in [0.05, 0.1) is 6.42 Å². The molecule has 0 saturated carbocycles. The van der Waals surface area contributed by atoms with Gasteiger partial charge in [0.15, 0.2) is 0 Å².